The van der Waals surface area contributed by atoms with E-state index < -0.39 is 0 Å². The number of benzene rings is 3. The predicted molar refractivity (Wildman–Crippen MR) is 90.8 cm³/mol. The first-order valence-electron chi connectivity index (χ1n) is 7.69. The van der Waals surface area contributed by atoms with Crippen LogP contribution in [0, 0.1) is 5.92 Å². The van der Waals surface area contributed by atoms with Crippen LogP contribution in [-0.4, -0.2) is 5.97 Å². The van der Waals surface area contributed by atoms with Gasteiger partial charge in [0.25, 0.3) is 0 Å². The summed E-state index contributed by atoms with van der Waals surface area (Å²) in [5, 5.41) is 4.63. The van der Waals surface area contributed by atoms with Gasteiger partial charge in [-0.1, -0.05) is 62.4 Å². The number of ether oxygens (including phenoxy) is 1. The minimum Gasteiger partial charge on any atom is -0.458 e. The highest BCUT2D eigenvalue weighted by molar-refractivity contribution is 6.02. The molecule has 0 saturated carbocycles. The molecular weight excluding hydrogens is 272 g/mol. The Morgan fingerprint density at radius 3 is 1.86 bits per heavy atom. The number of hydrogen-bond donors (Lipinski definition) is 0. The minimum absolute atomic E-state index is 0.122. The van der Waals surface area contributed by atoms with E-state index in [2.05, 4.69) is 30.3 Å². The minimum atomic E-state index is -0.272. The van der Waals surface area contributed by atoms with Gasteiger partial charge in [0.1, 0.15) is 6.10 Å². The number of carbonyl (C=O) groups is 1. The van der Waals surface area contributed by atoms with E-state index in [0.717, 1.165) is 16.3 Å². The molecule has 0 radical (unpaired) electrons. The van der Waals surface area contributed by atoms with E-state index in [9.17, 15) is 4.79 Å². The van der Waals surface area contributed by atoms with Crippen molar-refractivity contribution in [2.24, 2.45) is 5.92 Å². The van der Waals surface area contributed by atoms with Crippen LogP contribution in [0.5, 0.6) is 0 Å². The molecule has 22 heavy (non-hydrogen) atoms. The van der Waals surface area contributed by atoms with Crippen molar-refractivity contribution in [2.45, 2.75) is 26.9 Å². The molecule has 0 aliphatic heterocycles. The van der Waals surface area contributed by atoms with Crippen LogP contribution in [0.1, 0.15) is 32.4 Å². The monoisotopic (exact) mass is 292 g/mol. The molecule has 0 spiro atoms. The van der Waals surface area contributed by atoms with Gasteiger partial charge in [-0.05, 0) is 34.5 Å². The number of hydrogen-bond acceptors (Lipinski definition) is 2. The summed E-state index contributed by atoms with van der Waals surface area (Å²) < 4.78 is 5.68. The second-order valence-electron chi connectivity index (χ2n) is 5.97. The zero-order valence-electron chi connectivity index (χ0n) is 13.2. The third-order valence-electron chi connectivity index (χ3n) is 3.98. The van der Waals surface area contributed by atoms with Crippen LogP contribution < -0.4 is 0 Å². The molecule has 3 aromatic carbocycles. The Kier molecular flexibility index (Phi) is 3.84. The van der Waals surface area contributed by atoms with Gasteiger partial charge >= 0.3 is 5.97 Å². The third kappa shape index (κ3) is 2.57. The third-order valence-corrected chi connectivity index (χ3v) is 3.98. The highest BCUT2D eigenvalue weighted by atomic mass is 16.5. The van der Waals surface area contributed by atoms with Gasteiger partial charge in [0.2, 0.25) is 0 Å². The molecule has 112 valence electrons. The smallest absolute Gasteiger partial charge is 0.308 e. The molecular formula is C20H20O2. The number of carbonyl (C=O) groups excluding carboxylic acids is 1. The van der Waals surface area contributed by atoms with Crippen molar-refractivity contribution < 1.29 is 9.53 Å². The number of esters is 1. The zero-order chi connectivity index (χ0) is 15.7. The Bertz CT molecular complexity index is 779. The molecule has 0 N–H and O–H groups in total. The van der Waals surface area contributed by atoms with E-state index >= 15 is 0 Å². The van der Waals surface area contributed by atoms with Crippen LogP contribution in [-0.2, 0) is 9.53 Å². The molecule has 0 saturated heterocycles. The SMILES string of the molecule is CC(C)C(=O)O[C@H](C)c1c2ccccc2cc2ccccc12. The Labute approximate surface area is 130 Å². The van der Waals surface area contributed by atoms with Crippen molar-refractivity contribution in [1.29, 1.82) is 0 Å². The second-order valence-corrected chi connectivity index (χ2v) is 5.97. The topological polar surface area (TPSA) is 26.3 Å². The van der Waals surface area contributed by atoms with Crippen molar-refractivity contribution in [3.63, 3.8) is 0 Å². The lowest BCUT2D eigenvalue weighted by Gasteiger charge is -2.19. The maximum Gasteiger partial charge on any atom is 0.308 e. The Balaban J connectivity index is 2.21. The van der Waals surface area contributed by atoms with Gasteiger partial charge in [-0.3, -0.25) is 4.79 Å². The predicted octanol–water partition coefficient (Wildman–Crippen LogP) is 5.25. The van der Waals surface area contributed by atoms with Crippen molar-refractivity contribution in [3.05, 3.63) is 60.2 Å². The first-order chi connectivity index (χ1) is 10.6. The first-order valence-corrected chi connectivity index (χ1v) is 7.69. The van der Waals surface area contributed by atoms with E-state index in [-0.39, 0.29) is 18.0 Å². The van der Waals surface area contributed by atoms with Crippen molar-refractivity contribution >= 4 is 27.5 Å². The van der Waals surface area contributed by atoms with Gasteiger partial charge in [-0.2, -0.15) is 0 Å². The molecule has 3 aromatic rings. The molecule has 0 aliphatic carbocycles. The highest BCUT2D eigenvalue weighted by Gasteiger charge is 2.19. The summed E-state index contributed by atoms with van der Waals surface area (Å²) in [7, 11) is 0. The largest absolute Gasteiger partial charge is 0.458 e. The van der Waals surface area contributed by atoms with Gasteiger partial charge in [0.05, 0.1) is 5.92 Å². The summed E-state index contributed by atoms with van der Waals surface area (Å²) in [5.41, 5.74) is 1.09. The van der Waals surface area contributed by atoms with Crippen LogP contribution in [0.4, 0.5) is 0 Å². The molecule has 0 bridgehead atoms. The molecule has 0 aliphatic rings. The fourth-order valence-corrected chi connectivity index (χ4v) is 2.86. The normalized spacial score (nSPS) is 12.7. The van der Waals surface area contributed by atoms with E-state index in [0.29, 0.717) is 0 Å². The van der Waals surface area contributed by atoms with Crippen LogP contribution >= 0.6 is 0 Å². The van der Waals surface area contributed by atoms with E-state index in [1.165, 1.54) is 10.8 Å². The summed E-state index contributed by atoms with van der Waals surface area (Å²) in [6.45, 7) is 5.67. The maximum absolute atomic E-state index is 12.0. The number of fused-ring (bicyclic) bond motifs is 2. The molecule has 2 heteroatoms. The summed E-state index contributed by atoms with van der Waals surface area (Å²) >= 11 is 0. The molecule has 0 aromatic heterocycles. The average molecular weight is 292 g/mol. The van der Waals surface area contributed by atoms with E-state index in [1.807, 2.05) is 45.0 Å². The van der Waals surface area contributed by atoms with E-state index in [4.69, 9.17) is 4.74 Å². The molecule has 2 nitrogen and oxygen atoms in total. The van der Waals surface area contributed by atoms with Crippen molar-refractivity contribution in [1.82, 2.24) is 0 Å². The van der Waals surface area contributed by atoms with Gasteiger partial charge < -0.3 is 4.74 Å². The van der Waals surface area contributed by atoms with Gasteiger partial charge in [-0.25, -0.2) is 0 Å². The summed E-state index contributed by atoms with van der Waals surface area (Å²) in [5.74, 6) is -0.284. The fourth-order valence-electron chi connectivity index (χ4n) is 2.86. The summed E-state index contributed by atoms with van der Waals surface area (Å²) in [4.78, 5) is 12.0. The molecule has 3 rings (SSSR count). The van der Waals surface area contributed by atoms with Crippen LogP contribution in [0.2, 0.25) is 0 Å². The molecule has 0 unspecified atom stereocenters. The van der Waals surface area contributed by atoms with Crippen LogP contribution in [0.25, 0.3) is 21.5 Å². The first kappa shape index (κ1) is 14.6. The number of rotatable bonds is 3. The Morgan fingerprint density at radius 2 is 1.36 bits per heavy atom. The van der Waals surface area contributed by atoms with Gasteiger partial charge in [0, 0.05) is 5.56 Å². The Hall–Kier alpha value is -2.35. The lowest BCUT2D eigenvalue weighted by atomic mass is 9.94. The van der Waals surface area contributed by atoms with Gasteiger partial charge in [0.15, 0.2) is 0 Å². The molecule has 0 amide bonds. The van der Waals surface area contributed by atoms with Crippen molar-refractivity contribution in [3.8, 4) is 0 Å². The molecule has 0 fully saturated rings. The zero-order valence-corrected chi connectivity index (χ0v) is 13.2. The van der Waals surface area contributed by atoms with Gasteiger partial charge in [-0.15, -0.1) is 0 Å². The lowest BCUT2D eigenvalue weighted by Crippen LogP contribution is -2.14. The van der Waals surface area contributed by atoms with Crippen LogP contribution in [0.15, 0.2) is 54.6 Å². The highest BCUT2D eigenvalue weighted by Crippen LogP contribution is 2.34. The molecule has 1 atom stereocenters. The van der Waals surface area contributed by atoms with E-state index in [1.54, 1.807) is 0 Å². The van der Waals surface area contributed by atoms with Crippen LogP contribution in [0.3, 0.4) is 0 Å². The lowest BCUT2D eigenvalue weighted by molar-refractivity contribution is -0.152. The maximum atomic E-state index is 12.0. The fraction of sp³-hybridized carbons (Fsp3) is 0.250. The standard InChI is InChI=1S/C20H20O2/c1-13(2)20(21)22-14(3)19-17-10-6-4-8-15(17)12-16-9-5-7-11-18(16)19/h4-14H,1-3H3/t14-/m1/s1. The van der Waals surface area contributed by atoms with Crippen molar-refractivity contribution in [2.75, 3.05) is 0 Å². The Morgan fingerprint density at radius 1 is 0.864 bits per heavy atom. The summed E-state index contributed by atoms with van der Waals surface area (Å²) in [6, 6.07) is 18.7. The summed E-state index contributed by atoms with van der Waals surface area (Å²) in [6.07, 6.45) is -0.272. The molecule has 0 heterocycles. The average Bonchev–Trinajstić information content (AvgIpc) is 2.52. The quantitative estimate of drug-likeness (QED) is 0.486. The second kappa shape index (κ2) is 5.80.